The fourth-order valence-electron chi connectivity index (χ4n) is 2.88. The van der Waals surface area contributed by atoms with Gasteiger partial charge in [0.25, 0.3) is 0 Å². The van der Waals surface area contributed by atoms with Crippen LogP contribution in [0.2, 0.25) is 0 Å². The van der Waals surface area contributed by atoms with Crippen LogP contribution in [-0.4, -0.2) is 23.5 Å². The molecule has 0 aromatic rings. The van der Waals surface area contributed by atoms with Crippen LogP contribution in [0.3, 0.4) is 0 Å². The highest BCUT2D eigenvalue weighted by Crippen LogP contribution is 2.33. The topological polar surface area (TPSA) is 3.24 Å². The highest BCUT2D eigenvalue weighted by atomic mass is 15.2. The van der Waals surface area contributed by atoms with E-state index in [4.69, 9.17) is 0 Å². The summed E-state index contributed by atoms with van der Waals surface area (Å²) in [6.45, 7) is 4.96. The van der Waals surface area contributed by atoms with Gasteiger partial charge in [0, 0.05) is 18.6 Å². The van der Waals surface area contributed by atoms with Crippen molar-refractivity contribution in [2.24, 2.45) is 0 Å². The van der Waals surface area contributed by atoms with Gasteiger partial charge in [0.15, 0.2) is 0 Å². The lowest BCUT2D eigenvalue weighted by Gasteiger charge is -2.45. The minimum absolute atomic E-state index is 0.899. The van der Waals surface area contributed by atoms with Crippen LogP contribution in [0.15, 0.2) is 12.7 Å². The Bertz CT molecular complexity index is 142. The van der Waals surface area contributed by atoms with E-state index in [-0.39, 0.29) is 0 Å². The normalized spacial score (nSPS) is 36.3. The number of piperidine rings is 2. The fourth-order valence-corrected chi connectivity index (χ4v) is 2.88. The summed E-state index contributed by atoms with van der Waals surface area (Å²) in [5, 5.41) is 0. The van der Waals surface area contributed by atoms with Crippen LogP contribution < -0.4 is 0 Å². The zero-order valence-electron chi connectivity index (χ0n) is 7.84. The summed E-state index contributed by atoms with van der Waals surface area (Å²) in [6, 6.07) is 1.80. The Morgan fingerprint density at radius 3 is 2.00 bits per heavy atom. The monoisotopic (exact) mass is 165 g/mol. The fraction of sp³-hybridized carbons (Fsp3) is 0.818. The van der Waals surface area contributed by atoms with Gasteiger partial charge in [0.1, 0.15) is 0 Å². The van der Waals surface area contributed by atoms with Crippen LogP contribution in [-0.2, 0) is 0 Å². The molecule has 2 rings (SSSR count). The SMILES string of the molecule is C=CCN1C2CCCC1CCC2. The van der Waals surface area contributed by atoms with E-state index < -0.39 is 0 Å². The molecule has 2 aliphatic heterocycles. The predicted octanol–water partition coefficient (Wildman–Crippen LogP) is 2.58. The molecule has 0 atom stereocenters. The third-order valence-electron chi connectivity index (χ3n) is 3.43. The minimum Gasteiger partial charge on any atom is -0.294 e. The zero-order chi connectivity index (χ0) is 8.39. The highest BCUT2D eigenvalue weighted by Gasteiger charge is 2.32. The molecule has 0 aromatic carbocycles. The van der Waals surface area contributed by atoms with Crippen molar-refractivity contribution in [2.75, 3.05) is 6.54 Å². The molecule has 2 bridgehead atoms. The first-order valence-corrected chi connectivity index (χ1v) is 5.28. The molecule has 12 heavy (non-hydrogen) atoms. The lowest BCUT2D eigenvalue weighted by atomic mass is 9.84. The van der Waals surface area contributed by atoms with E-state index in [1.54, 1.807) is 0 Å². The van der Waals surface area contributed by atoms with Gasteiger partial charge in [-0.25, -0.2) is 0 Å². The molecule has 0 aliphatic carbocycles. The van der Waals surface area contributed by atoms with Crippen molar-refractivity contribution in [1.29, 1.82) is 0 Å². The first-order chi connectivity index (χ1) is 5.92. The number of nitrogens with zero attached hydrogens (tertiary/aromatic N) is 1. The van der Waals surface area contributed by atoms with E-state index in [2.05, 4.69) is 17.6 Å². The van der Waals surface area contributed by atoms with E-state index in [1.165, 1.54) is 38.5 Å². The average Bonchev–Trinajstić information content (AvgIpc) is 2.04. The average molecular weight is 165 g/mol. The van der Waals surface area contributed by atoms with Crippen molar-refractivity contribution >= 4 is 0 Å². The largest absolute Gasteiger partial charge is 0.294 e. The van der Waals surface area contributed by atoms with Crippen molar-refractivity contribution in [1.82, 2.24) is 4.90 Å². The lowest BCUT2D eigenvalue weighted by Crippen LogP contribution is -2.49. The van der Waals surface area contributed by atoms with Crippen molar-refractivity contribution < 1.29 is 0 Å². The first-order valence-electron chi connectivity index (χ1n) is 5.28. The second-order valence-electron chi connectivity index (χ2n) is 4.15. The maximum absolute atomic E-state index is 3.84. The Balaban J connectivity index is 2.03. The van der Waals surface area contributed by atoms with Crippen LogP contribution in [0.5, 0.6) is 0 Å². The van der Waals surface area contributed by atoms with Crippen LogP contribution in [0.4, 0.5) is 0 Å². The standard InChI is InChI=1S/C11H19N/c1-2-9-12-10-5-3-6-11(12)8-4-7-10/h2,10-11H,1,3-9H2. The summed E-state index contributed by atoms with van der Waals surface area (Å²) in [4.78, 5) is 2.68. The van der Waals surface area contributed by atoms with Crippen LogP contribution in [0, 0.1) is 0 Å². The van der Waals surface area contributed by atoms with Crippen LogP contribution in [0.25, 0.3) is 0 Å². The Hall–Kier alpha value is -0.300. The van der Waals surface area contributed by atoms with Gasteiger partial charge in [-0.1, -0.05) is 18.9 Å². The summed E-state index contributed by atoms with van der Waals surface area (Å²) in [5.41, 5.74) is 0. The number of hydrogen-bond acceptors (Lipinski definition) is 1. The van der Waals surface area contributed by atoms with Gasteiger partial charge in [-0.05, 0) is 25.7 Å². The number of rotatable bonds is 2. The third kappa shape index (κ3) is 1.42. The van der Waals surface area contributed by atoms with E-state index in [9.17, 15) is 0 Å². The first kappa shape index (κ1) is 8.31. The van der Waals surface area contributed by atoms with E-state index in [0.29, 0.717) is 0 Å². The molecule has 0 N–H and O–H groups in total. The summed E-state index contributed by atoms with van der Waals surface area (Å²) >= 11 is 0. The Kier molecular flexibility index (Phi) is 2.50. The molecule has 68 valence electrons. The summed E-state index contributed by atoms with van der Waals surface area (Å²) in [7, 11) is 0. The quantitative estimate of drug-likeness (QED) is 0.568. The van der Waals surface area contributed by atoms with Gasteiger partial charge < -0.3 is 0 Å². The molecule has 2 saturated heterocycles. The molecule has 0 spiro atoms. The molecular formula is C11H19N. The van der Waals surface area contributed by atoms with E-state index >= 15 is 0 Å². The number of fused-ring (bicyclic) bond motifs is 2. The number of hydrogen-bond donors (Lipinski definition) is 0. The molecule has 2 heterocycles. The molecule has 0 amide bonds. The van der Waals surface area contributed by atoms with E-state index in [1.807, 2.05) is 0 Å². The Morgan fingerprint density at radius 1 is 1.08 bits per heavy atom. The Morgan fingerprint density at radius 2 is 1.58 bits per heavy atom. The van der Waals surface area contributed by atoms with Crippen molar-refractivity contribution in [3.05, 3.63) is 12.7 Å². The second-order valence-corrected chi connectivity index (χ2v) is 4.15. The van der Waals surface area contributed by atoms with Gasteiger partial charge in [-0.15, -0.1) is 6.58 Å². The summed E-state index contributed by atoms with van der Waals surface area (Å²) < 4.78 is 0. The third-order valence-corrected chi connectivity index (χ3v) is 3.43. The zero-order valence-corrected chi connectivity index (χ0v) is 7.84. The highest BCUT2D eigenvalue weighted by molar-refractivity contribution is 4.91. The van der Waals surface area contributed by atoms with Gasteiger partial charge in [-0.3, -0.25) is 4.90 Å². The van der Waals surface area contributed by atoms with Gasteiger partial charge in [0.05, 0.1) is 0 Å². The van der Waals surface area contributed by atoms with Crippen LogP contribution in [0.1, 0.15) is 38.5 Å². The molecule has 1 heteroatoms. The molecule has 0 aromatic heterocycles. The molecule has 1 nitrogen and oxygen atoms in total. The minimum atomic E-state index is 0.899. The maximum Gasteiger partial charge on any atom is 0.0166 e. The molecule has 0 unspecified atom stereocenters. The molecular weight excluding hydrogens is 146 g/mol. The van der Waals surface area contributed by atoms with Gasteiger partial charge >= 0.3 is 0 Å². The molecule has 2 fully saturated rings. The van der Waals surface area contributed by atoms with Gasteiger partial charge in [0.2, 0.25) is 0 Å². The molecule has 0 radical (unpaired) electrons. The van der Waals surface area contributed by atoms with Crippen molar-refractivity contribution in [3.63, 3.8) is 0 Å². The Labute approximate surface area is 75.4 Å². The second kappa shape index (κ2) is 3.61. The lowest BCUT2D eigenvalue weighted by molar-refractivity contribution is 0.0522. The van der Waals surface area contributed by atoms with Crippen LogP contribution >= 0.6 is 0 Å². The van der Waals surface area contributed by atoms with Gasteiger partial charge in [-0.2, -0.15) is 0 Å². The summed E-state index contributed by atoms with van der Waals surface area (Å²) in [5.74, 6) is 0. The summed E-state index contributed by atoms with van der Waals surface area (Å²) in [6.07, 6.45) is 10.7. The van der Waals surface area contributed by atoms with Crippen molar-refractivity contribution in [3.8, 4) is 0 Å². The molecule has 2 aliphatic rings. The van der Waals surface area contributed by atoms with Crippen molar-refractivity contribution in [2.45, 2.75) is 50.6 Å². The predicted molar refractivity (Wildman–Crippen MR) is 52.2 cm³/mol. The maximum atomic E-state index is 3.84. The van der Waals surface area contributed by atoms with E-state index in [0.717, 1.165) is 18.6 Å². The molecule has 0 saturated carbocycles. The smallest absolute Gasteiger partial charge is 0.0166 e.